The van der Waals surface area contributed by atoms with Gasteiger partial charge in [-0.1, -0.05) is 54.6 Å². The number of hydrogen-bond donors (Lipinski definition) is 1. The molecule has 37 heavy (non-hydrogen) atoms. The minimum absolute atomic E-state index is 0.204. The Morgan fingerprint density at radius 2 is 1.57 bits per heavy atom. The second-order valence-corrected chi connectivity index (χ2v) is 8.79. The molecule has 6 heteroatoms. The van der Waals surface area contributed by atoms with Gasteiger partial charge >= 0.3 is 5.97 Å². The van der Waals surface area contributed by atoms with Crippen molar-refractivity contribution in [1.82, 2.24) is 5.32 Å². The van der Waals surface area contributed by atoms with Crippen LogP contribution in [0.25, 0.3) is 10.8 Å². The Kier molecular flexibility index (Phi) is 8.41. The van der Waals surface area contributed by atoms with Crippen LogP contribution in [0.4, 0.5) is 0 Å². The third-order valence-corrected chi connectivity index (χ3v) is 6.30. The number of carbonyl (C=O) groups is 2. The SMILES string of the molecule is COC(=O)CCCc1ccc(Oc2cccc(OC)c2)cc1C(=O)NC(C)c1cccc2ccccc12. The molecule has 0 saturated carbocycles. The van der Waals surface area contributed by atoms with E-state index in [0.717, 1.165) is 21.9 Å². The van der Waals surface area contributed by atoms with Crippen molar-refractivity contribution in [3.63, 3.8) is 0 Å². The normalized spacial score (nSPS) is 11.5. The first-order chi connectivity index (χ1) is 18.0. The maximum atomic E-state index is 13.6. The molecule has 0 aliphatic carbocycles. The summed E-state index contributed by atoms with van der Waals surface area (Å²) >= 11 is 0. The average Bonchev–Trinajstić information content (AvgIpc) is 2.93. The average molecular weight is 498 g/mol. The van der Waals surface area contributed by atoms with Gasteiger partial charge in [0.1, 0.15) is 17.2 Å². The topological polar surface area (TPSA) is 73.9 Å². The van der Waals surface area contributed by atoms with E-state index in [-0.39, 0.29) is 24.3 Å². The van der Waals surface area contributed by atoms with Crippen molar-refractivity contribution in [3.8, 4) is 17.2 Å². The molecule has 1 N–H and O–H groups in total. The number of nitrogens with one attached hydrogen (secondary N) is 1. The zero-order valence-electron chi connectivity index (χ0n) is 21.3. The summed E-state index contributed by atoms with van der Waals surface area (Å²) in [5.74, 6) is 1.35. The lowest BCUT2D eigenvalue weighted by Crippen LogP contribution is -2.27. The minimum atomic E-state index is -0.270. The van der Waals surface area contributed by atoms with Crippen LogP contribution in [0.3, 0.4) is 0 Å². The molecule has 4 aromatic carbocycles. The van der Waals surface area contributed by atoms with E-state index in [2.05, 4.69) is 23.5 Å². The lowest BCUT2D eigenvalue weighted by atomic mass is 9.98. The van der Waals surface area contributed by atoms with Crippen molar-refractivity contribution >= 4 is 22.6 Å². The monoisotopic (exact) mass is 497 g/mol. The number of rotatable bonds is 10. The fourth-order valence-corrected chi connectivity index (χ4v) is 4.35. The summed E-state index contributed by atoms with van der Waals surface area (Å²) in [5.41, 5.74) is 2.39. The molecule has 0 spiro atoms. The molecule has 0 bridgehead atoms. The number of amides is 1. The molecule has 4 aromatic rings. The zero-order chi connectivity index (χ0) is 26.2. The number of benzene rings is 4. The van der Waals surface area contributed by atoms with E-state index in [1.54, 1.807) is 19.2 Å². The molecule has 0 aliphatic rings. The number of carbonyl (C=O) groups excluding carboxylic acids is 2. The first-order valence-corrected chi connectivity index (χ1v) is 12.3. The predicted octanol–water partition coefficient (Wildman–Crippen LogP) is 6.63. The molecule has 0 saturated heterocycles. The highest BCUT2D eigenvalue weighted by Crippen LogP contribution is 2.29. The molecular formula is C31H31NO5. The number of fused-ring (bicyclic) bond motifs is 1. The number of methoxy groups -OCH3 is 2. The Bertz CT molecular complexity index is 1390. The summed E-state index contributed by atoms with van der Waals surface area (Å²) in [6.07, 6.45) is 1.41. The van der Waals surface area contributed by atoms with Gasteiger partial charge in [-0.15, -0.1) is 0 Å². The van der Waals surface area contributed by atoms with Crippen molar-refractivity contribution in [1.29, 1.82) is 0 Å². The summed E-state index contributed by atoms with van der Waals surface area (Å²) < 4.78 is 16.1. The van der Waals surface area contributed by atoms with Crippen molar-refractivity contribution in [2.45, 2.75) is 32.2 Å². The largest absolute Gasteiger partial charge is 0.497 e. The Morgan fingerprint density at radius 1 is 0.838 bits per heavy atom. The Hall–Kier alpha value is -4.32. The van der Waals surface area contributed by atoms with E-state index in [0.29, 0.717) is 35.7 Å². The standard InChI is InChI=1S/C31H31NO5/c1-21(27-15-6-10-22-9-4-5-14-28(22)27)32-31(34)29-20-26(37-25-13-8-12-24(19-25)35-2)18-17-23(29)11-7-16-30(33)36-3/h4-6,8-10,12-15,17-21H,7,11,16H2,1-3H3,(H,32,34). The van der Waals surface area contributed by atoms with Crippen LogP contribution in [0.2, 0.25) is 0 Å². The van der Waals surface area contributed by atoms with Crippen LogP contribution in [0.1, 0.15) is 47.3 Å². The van der Waals surface area contributed by atoms with Crippen molar-refractivity contribution < 1.29 is 23.8 Å². The molecular weight excluding hydrogens is 466 g/mol. The van der Waals surface area contributed by atoms with Crippen LogP contribution < -0.4 is 14.8 Å². The second kappa shape index (κ2) is 12.1. The van der Waals surface area contributed by atoms with Gasteiger partial charge in [0.15, 0.2) is 0 Å². The van der Waals surface area contributed by atoms with Gasteiger partial charge in [0.05, 0.1) is 20.3 Å². The van der Waals surface area contributed by atoms with E-state index in [4.69, 9.17) is 14.2 Å². The van der Waals surface area contributed by atoms with Crippen molar-refractivity contribution in [2.75, 3.05) is 14.2 Å². The van der Waals surface area contributed by atoms with Gasteiger partial charge in [-0.25, -0.2) is 0 Å². The molecule has 1 unspecified atom stereocenters. The van der Waals surface area contributed by atoms with Gasteiger partial charge in [0.25, 0.3) is 5.91 Å². The highest BCUT2D eigenvalue weighted by molar-refractivity contribution is 5.97. The maximum absolute atomic E-state index is 13.6. The van der Waals surface area contributed by atoms with E-state index in [9.17, 15) is 9.59 Å². The molecule has 1 atom stereocenters. The lowest BCUT2D eigenvalue weighted by molar-refractivity contribution is -0.140. The number of aryl methyl sites for hydroxylation is 1. The molecule has 1 amide bonds. The van der Waals surface area contributed by atoms with Crippen LogP contribution in [0.5, 0.6) is 17.2 Å². The summed E-state index contributed by atoms with van der Waals surface area (Å²) in [6.45, 7) is 1.98. The molecule has 4 rings (SSSR count). The van der Waals surface area contributed by atoms with Crippen LogP contribution in [0, 0.1) is 0 Å². The third kappa shape index (κ3) is 6.47. The van der Waals surface area contributed by atoms with Crippen LogP contribution in [-0.2, 0) is 16.0 Å². The van der Waals surface area contributed by atoms with Crippen LogP contribution in [-0.4, -0.2) is 26.1 Å². The van der Waals surface area contributed by atoms with Gasteiger partial charge < -0.3 is 19.5 Å². The lowest BCUT2D eigenvalue weighted by Gasteiger charge is -2.19. The highest BCUT2D eigenvalue weighted by Gasteiger charge is 2.18. The zero-order valence-corrected chi connectivity index (χ0v) is 21.3. The van der Waals surface area contributed by atoms with Crippen LogP contribution >= 0.6 is 0 Å². The summed E-state index contributed by atoms with van der Waals surface area (Å²) in [4.78, 5) is 25.2. The summed E-state index contributed by atoms with van der Waals surface area (Å²) in [7, 11) is 2.97. The molecule has 0 fully saturated rings. The van der Waals surface area contributed by atoms with E-state index in [1.165, 1.54) is 7.11 Å². The molecule has 0 radical (unpaired) electrons. The molecule has 0 heterocycles. The third-order valence-electron chi connectivity index (χ3n) is 6.30. The Balaban J connectivity index is 1.60. The number of esters is 1. The highest BCUT2D eigenvalue weighted by atomic mass is 16.5. The van der Waals surface area contributed by atoms with Gasteiger partial charge in [-0.05, 0) is 65.9 Å². The second-order valence-electron chi connectivity index (χ2n) is 8.79. The van der Waals surface area contributed by atoms with Crippen LogP contribution in [0.15, 0.2) is 84.9 Å². The van der Waals surface area contributed by atoms with Gasteiger partial charge in [0.2, 0.25) is 0 Å². The number of ether oxygens (including phenoxy) is 3. The Morgan fingerprint density at radius 3 is 2.38 bits per heavy atom. The molecule has 6 nitrogen and oxygen atoms in total. The summed E-state index contributed by atoms with van der Waals surface area (Å²) in [6, 6.07) is 26.8. The first-order valence-electron chi connectivity index (χ1n) is 12.3. The van der Waals surface area contributed by atoms with E-state index >= 15 is 0 Å². The predicted molar refractivity (Wildman–Crippen MR) is 144 cm³/mol. The maximum Gasteiger partial charge on any atom is 0.305 e. The Labute approximate surface area is 217 Å². The first kappa shape index (κ1) is 25.8. The van der Waals surface area contributed by atoms with Crippen molar-refractivity contribution in [3.05, 3.63) is 102 Å². The molecule has 0 aromatic heterocycles. The van der Waals surface area contributed by atoms with Gasteiger partial charge in [0, 0.05) is 18.1 Å². The fraction of sp³-hybridized carbons (Fsp3) is 0.226. The smallest absolute Gasteiger partial charge is 0.305 e. The minimum Gasteiger partial charge on any atom is -0.497 e. The fourth-order valence-electron chi connectivity index (χ4n) is 4.35. The van der Waals surface area contributed by atoms with Crippen molar-refractivity contribution in [2.24, 2.45) is 0 Å². The van der Waals surface area contributed by atoms with Gasteiger partial charge in [-0.2, -0.15) is 0 Å². The summed E-state index contributed by atoms with van der Waals surface area (Å²) in [5, 5.41) is 5.38. The molecule has 190 valence electrons. The van der Waals surface area contributed by atoms with E-state index in [1.807, 2.05) is 61.5 Å². The number of hydrogen-bond acceptors (Lipinski definition) is 5. The molecule has 0 aliphatic heterocycles. The van der Waals surface area contributed by atoms with E-state index < -0.39 is 0 Å². The quantitative estimate of drug-likeness (QED) is 0.249. The van der Waals surface area contributed by atoms with Gasteiger partial charge in [-0.3, -0.25) is 9.59 Å².